The molecule has 0 spiro atoms. The maximum Gasteiger partial charge on any atom is 0.306 e. The molecule has 69 heavy (non-hydrogen) atoms. The molecule has 2 unspecified atom stereocenters. The van der Waals surface area contributed by atoms with Gasteiger partial charge in [-0.05, 0) is 109 Å². The van der Waals surface area contributed by atoms with Gasteiger partial charge in [-0.25, -0.2) is 0 Å². The van der Waals surface area contributed by atoms with Crippen LogP contribution in [0, 0.1) is 0 Å². The van der Waals surface area contributed by atoms with E-state index in [9.17, 15) is 19.5 Å². The van der Waals surface area contributed by atoms with E-state index in [1.807, 2.05) is 27.2 Å². The van der Waals surface area contributed by atoms with E-state index in [1.54, 1.807) is 0 Å². The van der Waals surface area contributed by atoms with Crippen molar-refractivity contribution in [3.63, 3.8) is 0 Å². The van der Waals surface area contributed by atoms with Crippen LogP contribution in [0.5, 0.6) is 0 Å². The SMILES string of the molecule is CC/C=C\C/C=C\C/C=C\C/C=C\C/C=C\C/C=C\C/C=C\C/C=C\C/C=C\CCCC(=O)OC(COC(=O)CCCCCCC/C=C\C/C=C\CCCCC)COC(OCC[N+](C)(C)C)C(=O)[O-]. The Morgan fingerprint density at radius 1 is 0.449 bits per heavy atom. The van der Waals surface area contributed by atoms with Gasteiger partial charge < -0.3 is 33.3 Å². The number of nitrogens with zero attached hydrogens (tertiary/aromatic N) is 1. The minimum atomic E-state index is -1.65. The van der Waals surface area contributed by atoms with Gasteiger partial charge in [0.2, 0.25) is 0 Å². The molecule has 0 aliphatic rings. The highest BCUT2D eigenvalue weighted by atomic mass is 16.7. The van der Waals surface area contributed by atoms with Gasteiger partial charge in [0.25, 0.3) is 0 Å². The smallest absolute Gasteiger partial charge is 0.306 e. The first-order chi connectivity index (χ1) is 33.6. The van der Waals surface area contributed by atoms with E-state index in [1.165, 1.54) is 25.7 Å². The van der Waals surface area contributed by atoms with Crippen LogP contribution in [-0.4, -0.2) is 82.3 Å². The monoisotopic (exact) mass is 958 g/mol. The molecular weight excluding hydrogens is 863 g/mol. The molecule has 0 amide bonds. The second-order valence-corrected chi connectivity index (χ2v) is 18.1. The van der Waals surface area contributed by atoms with Crippen LogP contribution in [0.25, 0.3) is 0 Å². The van der Waals surface area contributed by atoms with Gasteiger partial charge in [0.15, 0.2) is 12.4 Å². The van der Waals surface area contributed by atoms with E-state index in [4.69, 9.17) is 18.9 Å². The Bertz CT molecular complexity index is 1590. The number of quaternary nitrogens is 1. The van der Waals surface area contributed by atoms with Crippen molar-refractivity contribution in [3.8, 4) is 0 Å². The van der Waals surface area contributed by atoms with Crippen molar-refractivity contribution in [1.29, 1.82) is 0 Å². The number of carbonyl (C=O) groups is 3. The number of likely N-dealkylation sites (N-methyl/N-ethyl adjacent to an activating group) is 1. The first kappa shape index (κ1) is 64.4. The first-order valence-corrected chi connectivity index (χ1v) is 26.3. The van der Waals surface area contributed by atoms with Gasteiger partial charge in [0.05, 0.1) is 40.3 Å². The highest BCUT2D eigenvalue weighted by Gasteiger charge is 2.21. The fourth-order valence-electron chi connectivity index (χ4n) is 6.33. The minimum Gasteiger partial charge on any atom is -0.545 e. The lowest BCUT2D eigenvalue weighted by Crippen LogP contribution is -2.44. The van der Waals surface area contributed by atoms with Crippen molar-refractivity contribution in [2.75, 3.05) is 47.5 Å². The fourth-order valence-corrected chi connectivity index (χ4v) is 6.33. The van der Waals surface area contributed by atoms with E-state index in [0.29, 0.717) is 30.3 Å². The summed E-state index contributed by atoms with van der Waals surface area (Å²) in [4.78, 5) is 37.1. The summed E-state index contributed by atoms with van der Waals surface area (Å²) >= 11 is 0. The molecule has 0 fully saturated rings. The van der Waals surface area contributed by atoms with Crippen LogP contribution < -0.4 is 5.11 Å². The summed E-state index contributed by atoms with van der Waals surface area (Å²) in [6.45, 7) is 4.48. The number of rotatable bonds is 46. The normalized spacial score (nSPS) is 13.9. The van der Waals surface area contributed by atoms with Crippen LogP contribution >= 0.6 is 0 Å². The molecule has 0 aromatic carbocycles. The zero-order valence-corrected chi connectivity index (χ0v) is 43.9. The standard InChI is InChI=1S/C60H95NO8/c1-6-8-10-12-14-16-18-20-22-23-24-25-26-27-28-29-30-31-32-33-34-35-37-39-41-43-45-47-49-51-58(63)69-56(55-68-60(59(64)65)66-53-52-61(3,4)5)54-67-57(62)50-48-46-44-42-40-38-36-21-19-17-15-13-11-9-7-2/h8,10,14-17,20-22,24-25,27-28,30-31,33-34,36-37,39,43,45,56,60H,6-7,9,11-13,18-19,23,26,29,32,35,38,40-42,44,46-55H2,1-5H3/b10-8-,16-14-,17-15-,22-20-,25-24-,28-27-,31-30-,34-33-,36-21-,39-37-,45-43-. The number of ether oxygens (including phenoxy) is 4. The lowest BCUT2D eigenvalue weighted by molar-refractivity contribution is -0.870. The largest absolute Gasteiger partial charge is 0.545 e. The minimum absolute atomic E-state index is 0.126. The molecular formula is C60H95NO8. The van der Waals surface area contributed by atoms with Crippen LogP contribution in [0.2, 0.25) is 0 Å². The third kappa shape index (κ3) is 51.1. The Labute approximate surface area is 420 Å². The molecule has 0 heterocycles. The second kappa shape index (κ2) is 49.8. The second-order valence-electron chi connectivity index (χ2n) is 18.1. The predicted molar refractivity (Wildman–Crippen MR) is 287 cm³/mol. The zero-order valence-electron chi connectivity index (χ0n) is 43.9. The molecule has 0 radical (unpaired) electrons. The molecule has 0 bridgehead atoms. The number of carbonyl (C=O) groups excluding carboxylic acids is 3. The number of aliphatic carboxylic acids is 1. The summed E-state index contributed by atoms with van der Waals surface area (Å²) in [7, 11) is 5.88. The third-order valence-electron chi connectivity index (χ3n) is 10.4. The van der Waals surface area contributed by atoms with Gasteiger partial charge in [-0.15, -0.1) is 0 Å². The molecule has 9 heteroatoms. The molecule has 2 atom stereocenters. The Morgan fingerprint density at radius 2 is 0.841 bits per heavy atom. The van der Waals surface area contributed by atoms with Gasteiger partial charge in [-0.2, -0.15) is 0 Å². The topological polar surface area (TPSA) is 111 Å². The molecule has 0 saturated heterocycles. The van der Waals surface area contributed by atoms with Crippen molar-refractivity contribution < 1.29 is 42.9 Å². The summed E-state index contributed by atoms with van der Waals surface area (Å²) in [5.41, 5.74) is 0. The summed E-state index contributed by atoms with van der Waals surface area (Å²) < 4.78 is 22.5. The summed E-state index contributed by atoms with van der Waals surface area (Å²) in [6.07, 6.45) is 67.8. The number of allylic oxidation sites excluding steroid dienone is 22. The highest BCUT2D eigenvalue weighted by molar-refractivity contribution is 5.70. The Kier molecular flexibility index (Phi) is 46.5. The number of hydrogen-bond acceptors (Lipinski definition) is 8. The van der Waals surface area contributed by atoms with Gasteiger partial charge in [0.1, 0.15) is 13.2 Å². The van der Waals surface area contributed by atoms with Crippen molar-refractivity contribution >= 4 is 17.9 Å². The number of hydrogen-bond donors (Lipinski definition) is 0. The Hall–Kier alpha value is -4.57. The third-order valence-corrected chi connectivity index (χ3v) is 10.4. The molecule has 0 rings (SSSR count). The number of esters is 2. The Balaban J connectivity index is 4.47. The number of unbranched alkanes of at least 4 members (excludes halogenated alkanes) is 9. The molecule has 9 nitrogen and oxygen atoms in total. The van der Waals surface area contributed by atoms with Crippen molar-refractivity contribution in [2.24, 2.45) is 0 Å². The quantitative estimate of drug-likeness (QED) is 0.0195. The van der Waals surface area contributed by atoms with Crippen LogP contribution in [0.1, 0.15) is 168 Å². The molecule has 0 aliphatic heterocycles. The molecule has 0 N–H and O–H groups in total. The van der Waals surface area contributed by atoms with Crippen LogP contribution in [0.4, 0.5) is 0 Å². The zero-order chi connectivity index (χ0) is 50.6. The van der Waals surface area contributed by atoms with Crippen LogP contribution in [0.3, 0.4) is 0 Å². The van der Waals surface area contributed by atoms with Gasteiger partial charge in [0, 0.05) is 12.8 Å². The maximum absolute atomic E-state index is 12.8. The van der Waals surface area contributed by atoms with Gasteiger partial charge >= 0.3 is 11.9 Å². The highest BCUT2D eigenvalue weighted by Crippen LogP contribution is 2.11. The number of carboxylic acids is 1. The lowest BCUT2D eigenvalue weighted by Gasteiger charge is -2.26. The predicted octanol–water partition coefficient (Wildman–Crippen LogP) is 13.8. The van der Waals surface area contributed by atoms with E-state index in [-0.39, 0.29) is 32.7 Å². The average Bonchev–Trinajstić information content (AvgIpc) is 3.31. The van der Waals surface area contributed by atoms with Crippen molar-refractivity contribution in [3.05, 3.63) is 134 Å². The van der Waals surface area contributed by atoms with Crippen LogP contribution in [0.15, 0.2) is 134 Å². The maximum atomic E-state index is 12.8. The fraction of sp³-hybridized carbons (Fsp3) is 0.583. The van der Waals surface area contributed by atoms with E-state index in [0.717, 1.165) is 96.3 Å². The lowest BCUT2D eigenvalue weighted by atomic mass is 10.1. The van der Waals surface area contributed by atoms with Crippen molar-refractivity contribution in [1.82, 2.24) is 0 Å². The van der Waals surface area contributed by atoms with Crippen LogP contribution in [-0.2, 0) is 33.3 Å². The van der Waals surface area contributed by atoms with E-state index in [2.05, 4.69) is 141 Å². The van der Waals surface area contributed by atoms with Crippen molar-refractivity contribution in [2.45, 2.75) is 180 Å². The van der Waals surface area contributed by atoms with Gasteiger partial charge in [-0.1, -0.05) is 180 Å². The summed E-state index contributed by atoms with van der Waals surface area (Å²) in [5.74, 6) is -2.41. The summed E-state index contributed by atoms with van der Waals surface area (Å²) in [6, 6.07) is 0. The summed E-state index contributed by atoms with van der Waals surface area (Å²) in [5, 5.41) is 11.7. The molecule has 0 saturated carbocycles. The van der Waals surface area contributed by atoms with E-state index < -0.39 is 30.3 Å². The van der Waals surface area contributed by atoms with E-state index >= 15 is 0 Å². The van der Waals surface area contributed by atoms with Gasteiger partial charge in [-0.3, -0.25) is 9.59 Å². The molecule has 0 aliphatic carbocycles. The average molecular weight is 958 g/mol. The molecule has 0 aromatic rings. The first-order valence-electron chi connectivity index (χ1n) is 26.3. The Morgan fingerprint density at radius 3 is 1.28 bits per heavy atom. The molecule has 388 valence electrons. The number of carboxylic acid groups (broad SMARTS) is 1. The molecule has 0 aromatic heterocycles.